The van der Waals surface area contributed by atoms with Gasteiger partial charge >= 0.3 is 0 Å². The van der Waals surface area contributed by atoms with Crippen molar-refractivity contribution in [3.63, 3.8) is 0 Å². The third-order valence-corrected chi connectivity index (χ3v) is 2.92. The number of pyridine rings is 1. The molecule has 6 heteroatoms. The van der Waals surface area contributed by atoms with E-state index in [4.69, 9.17) is 0 Å². The number of anilines is 1. The number of aromatic nitrogens is 3. The first-order valence-corrected chi connectivity index (χ1v) is 6.86. The molecule has 0 aliphatic rings. The minimum Gasteiger partial charge on any atom is -0.385 e. The average molecular weight is 285 g/mol. The molecule has 0 unspecified atom stereocenters. The molecular formula is C15H19N5O. The first kappa shape index (κ1) is 14.9. The number of amides is 1. The van der Waals surface area contributed by atoms with Crippen LogP contribution in [0.25, 0.3) is 0 Å². The highest BCUT2D eigenvalue weighted by molar-refractivity contribution is 5.99. The first-order chi connectivity index (χ1) is 10.1. The summed E-state index contributed by atoms with van der Waals surface area (Å²) in [5.41, 5.74) is 3.76. The molecule has 2 heterocycles. The van der Waals surface area contributed by atoms with E-state index in [0.29, 0.717) is 12.1 Å². The van der Waals surface area contributed by atoms with Crippen LogP contribution in [-0.4, -0.2) is 27.4 Å². The van der Waals surface area contributed by atoms with E-state index in [1.54, 1.807) is 18.6 Å². The molecule has 0 fully saturated rings. The van der Waals surface area contributed by atoms with Gasteiger partial charge in [-0.15, -0.1) is 0 Å². The largest absolute Gasteiger partial charge is 0.385 e. The van der Waals surface area contributed by atoms with Crippen LogP contribution in [0.2, 0.25) is 0 Å². The second-order valence-electron chi connectivity index (χ2n) is 4.73. The molecule has 2 N–H and O–H groups in total. The van der Waals surface area contributed by atoms with Crippen LogP contribution in [-0.2, 0) is 6.54 Å². The molecule has 0 saturated heterocycles. The second kappa shape index (κ2) is 6.78. The van der Waals surface area contributed by atoms with Gasteiger partial charge in [0.15, 0.2) is 0 Å². The van der Waals surface area contributed by atoms with E-state index in [2.05, 4.69) is 25.6 Å². The van der Waals surface area contributed by atoms with Crippen LogP contribution in [0.3, 0.4) is 0 Å². The predicted molar refractivity (Wildman–Crippen MR) is 81.1 cm³/mol. The van der Waals surface area contributed by atoms with Crippen molar-refractivity contribution in [1.82, 2.24) is 20.3 Å². The van der Waals surface area contributed by atoms with Crippen molar-refractivity contribution >= 4 is 11.6 Å². The number of hydrogen-bond acceptors (Lipinski definition) is 5. The summed E-state index contributed by atoms with van der Waals surface area (Å²) in [5.74, 6) is -0.180. The van der Waals surface area contributed by atoms with Crippen molar-refractivity contribution in [2.45, 2.75) is 27.3 Å². The molecule has 2 aromatic rings. The summed E-state index contributed by atoms with van der Waals surface area (Å²) in [6.07, 6.45) is 4.93. The molecule has 1 amide bonds. The number of carbonyl (C=O) groups is 1. The zero-order valence-electron chi connectivity index (χ0n) is 12.5. The van der Waals surface area contributed by atoms with Crippen LogP contribution in [0.4, 0.5) is 5.69 Å². The summed E-state index contributed by atoms with van der Waals surface area (Å²) >= 11 is 0. The zero-order valence-corrected chi connectivity index (χ0v) is 12.5. The monoisotopic (exact) mass is 285 g/mol. The van der Waals surface area contributed by atoms with Gasteiger partial charge in [0.05, 0.1) is 35.4 Å². The molecule has 0 saturated carbocycles. The maximum atomic E-state index is 12.3. The summed E-state index contributed by atoms with van der Waals surface area (Å²) in [7, 11) is 0. The average Bonchev–Trinajstić information content (AvgIpc) is 2.47. The Morgan fingerprint density at radius 3 is 2.52 bits per heavy atom. The molecule has 2 aromatic heterocycles. The van der Waals surface area contributed by atoms with Crippen LogP contribution in [0.15, 0.2) is 24.7 Å². The van der Waals surface area contributed by atoms with E-state index in [1.807, 2.05) is 26.8 Å². The predicted octanol–water partition coefficient (Wildman–Crippen LogP) is 1.85. The van der Waals surface area contributed by atoms with Gasteiger partial charge in [-0.2, -0.15) is 0 Å². The minimum atomic E-state index is -0.180. The van der Waals surface area contributed by atoms with Gasteiger partial charge in [-0.25, -0.2) is 0 Å². The quantitative estimate of drug-likeness (QED) is 0.876. The summed E-state index contributed by atoms with van der Waals surface area (Å²) in [6, 6.07) is 1.87. The Hall–Kier alpha value is -2.50. The Morgan fingerprint density at radius 2 is 1.86 bits per heavy atom. The van der Waals surface area contributed by atoms with Crippen LogP contribution >= 0.6 is 0 Å². The summed E-state index contributed by atoms with van der Waals surface area (Å²) < 4.78 is 0. The lowest BCUT2D eigenvalue weighted by atomic mass is 10.2. The van der Waals surface area contributed by atoms with Crippen molar-refractivity contribution < 1.29 is 4.79 Å². The molecule has 0 aliphatic carbocycles. The molecule has 21 heavy (non-hydrogen) atoms. The summed E-state index contributed by atoms with van der Waals surface area (Å²) in [6.45, 7) is 6.83. The molecule has 6 nitrogen and oxygen atoms in total. The van der Waals surface area contributed by atoms with Gasteiger partial charge in [0.25, 0.3) is 5.91 Å². The van der Waals surface area contributed by atoms with Gasteiger partial charge in [-0.05, 0) is 26.8 Å². The molecule has 0 aromatic carbocycles. The molecular weight excluding hydrogens is 266 g/mol. The van der Waals surface area contributed by atoms with Gasteiger partial charge in [-0.1, -0.05) is 0 Å². The number of nitrogens with zero attached hydrogens (tertiary/aromatic N) is 3. The van der Waals surface area contributed by atoms with Crippen molar-refractivity contribution in [2.24, 2.45) is 0 Å². The van der Waals surface area contributed by atoms with Crippen LogP contribution in [0, 0.1) is 13.8 Å². The molecule has 0 aliphatic heterocycles. The Kier molecular flexibility index (Phi) is 4.81. The maximum absolute atomic E-state index is 12.3. The summed E-state index contributed by atoms with van der Waals surface area (Å²) in [4.78, 5) is 24.8. The Labute approximate surface area is 124 Å². The van der Waals surface area contributed by atoms with Gasteiger partial charge < -0.3 is 10.6 Å². The number of hydrogen-bond donors (Lipinski definition) is 2. The Morgan fingerprint density at radius 1 is 1.10 bits per heavy atom. The fraction of sp³-hybridized carbons (Fsp3) is 0.333. The Balaban J connectivity index is 2.07. The molecule has 110 valence electrons. The number of nitrogens with one attached hydrogen (secondary N) is 2. The lowest BCUT2D eigenvalue weighted by molar-refractivity contribution is 0.0951. The van der Waals surface area contributed by atoms with Gasteiger partial charge in [-0.3, -0.25) is 19.7 Å². The third kappa shape index (κ3) is 3.98. The second-order valence-corrected chi connectivity index (χ2v) is 4.73. The zero-order chi connectivity index (χ0) is 15.2. The van der Waals surface area contributed by atoms with E-state index in [9.17, 15) is 4.79 Å². The van der Waals surface area contributed by atoms with E-state index in [0.717, 1.165) is 29.3 Å². The third-order valence-electron chi connectivity index (χ3n) is 2.92. The lowest BCUT2D eigenvalue weighted by Crippen LogP contribution is -2.25. The van der Waals surface area contributed by atoms with E-state index in [1.165, 1.54) is 0 Å². The van der Waals surface area contributed by atoms with E-state index in [-0.39, 0.29) is 5.91 Å². The highest BCUT2D eigenvalue weighted by Crippen LogP contribution is 2.15. The van der Waals surface area contributed by atoms with Gasteiger partial charge in [0.2, 0.25) is 0 Å². The lowest BCUT2D eigenvalue weighted by Gasteiger charge is -2.11. The van der Waals surface area contributed by atoms with E-state index >= 15 is 0 Å². The maximum Gasteiger partial charge on any atom is 0.255 e. The molecule has 0 bridgehead atoms. The SMILES string of the molecule is CCNc1cc(C)ncc1C(=O)NCc1cnc(C)cn1. The number of rotatable bonds is 5. The van der Waals surface area contributed by atoms with Crippen molar-refractivity contribution in [1.29, 1.82) is 0 Å². The molecule has 2 rings (SSSR count). The first-order valence-electron chi connectivity index (χ1n) is 6.86. The highest BCUT2D eigenvalue weighted by atomic mass is 16.1. The molecule has 0 radical (unpaired) electrons. The Bertz CT molecular complexity index is 624. The summed E-state index contributed by atoms with van der Waals surface area (Å²) in [5, 5.41) is 6.01. The van der Waals surface area contributed by atoms with E-state index < -0.39 is 0 Å². The minimum absolute atomic E-state index is 0.180. The van der Waals surface area contributed by atoms with Crippen LogP contribution in [0.1, 0.15) is 34.4 Å². The van der Waals surface area contributed by atoms with Gasteiger partial charge in [0.1, 0.15) is 0 Å². The topological polar surface area (TPSA) is 79.8 Å². The molecule has 0 spiro atoms. The smallest absolute Gasteiger partial charge is 0.255 e. The fourth-order valence-corrected chi connectivity index (χ4v) is 1.85. The number of aryl methyl sites for hydroxylation is 2. The van der Waals surface area contributed by atoms with Crippen LogP contribution in [0.5, 0.6) is 0 Å². The van der Waals surface area contributed by atoms with Crippen molar-refractivity contribution in [2.75, 3.05) is 11.9 Å². The highest BCUT2D eigenvalue weighted by Gasteiger charge is 2.12. The molecule has 0 atom stereocenters. The van der Waals surface area contributed by atoms with Crippen molar-refractivity contribution in [3.05, 3.63) is 47.3 Å². The number of carbonyl (C=O) groups excluding carboxylic acids is 1. The standard InChI is InChI=1S/C15H19N5O/c1-4-16-14-5-10(2)18-9-13(14)15(21)20-8-12-7-17-11(3)6-19-12/h5-7,9H,4,8H2,1-3H3,(H,16,18)(H,20,21). The van der Waals surface area contributed by atoms with Gasteiger partial charge in [0, 0.05) is 24.6 Å². The van der Waals surface area contributed by atoms with Crippen molar-refractivity contribution in [3.8, 4) is 0 Å². The van der Waals surface area contributed by atoms with Crippen LogP contribution < -0.4 is 10.6 Å². The fourth-order valence-electron chi connectivity index (χ4n) is 1.85. The normalized spacial score (nSPS) is 10.2.